The van der Waals surface area contributed by atoms with Gasteiger partial charge < -0.3 is 8.85 Å². The lowest BCUT2D eigenvalue weighted by Gasteiger charge is -2.47. The molecule has 0 bridgehead atoms. The lowest BCUT2D eigenvalue weighted by atomic mass is 9.76. The minimum Gasteiger partial charge on any atom is -0.414 e. The molecule has 1 aromatic carbocycles. The number of hydrogen-bond acceptors (Lipinski definition) is 7. The molecule has 1 saturated carbocycles. The van der Waals surface area contributed by atoms with Crippen molar-refractivity contribution in [3.05, 3.63) is 66.4 Å². The first kappa shape index (κ1) is 38.6. The van der Waals surface area contributed by atoms with Gasteiger partial charge in [0.1, 0.15) is 0 Å². The Bertz CT molecular complexity index is 1830. The monoisotopic (exact) mass is 734 g/mol. The van der Waals surface area contributed by atoms with Crippen LogP contribution in [0.2, 0.25) is 36.3 Å². The molecule has 0 unspecified atom stereocenters. The third-order valence-electron chi connectivity index (χ3n) is 10.9. The summed E-state index contributed by atoms with van der Waals surface area (Å²) in [4.78, 5) is 14.7. The van der Waals surface area contributed by atoms with Crippen LogP contribution in [0.4, 0.5) is 0 Å². The highest BCUT2D eigenvalue weighted by Gasteiger charge is 2.45. The van der Waals surface area contributed by atoms with Gasteiger partial charge in [0.15, 0.2) is 22.5 Å². The smallest absolute Gasteiger partial charge is 0.192 e. The molecular weight excluding hydrogens is 677 g/mol. The van der Waals surface area contributed by atoms with E-state index in [4.69, 9.17) is 23.9 Å². The van der Waals surface area contributed by atoms with Gasteiger partial charge in [-0.2, -0.15) is 5.10 Å². The predicted octanol–water partition coefficient (Wildman–Crippen LogP) is 9.29. The number of aromatic nitrogens is 5. The SMILES string of the molecule is CC(C)(C)[S@@](=O)N[C@H](c1cncc(-c2ccc3cnn(-c4cccc(CO[Si](C)(C)C(C)(C)C)n4)c3c2)n1)C1CC(O[Si](C)(C)C(C)(C)C)C1. The minimum atomic E-state index is -1.92. The van der Waals surface area contributed by atoms with Crippen LogP contribution in [0.5, 0.6) is 0 Å². The maximum Gasteiger partial charge on any atom is 0.192 e. The van der Waals surface area contributed by atoms with Crippen LogP contribution >= 0.6 is 0 Å². The van der Waals surface area contributed by atoms with E-state index in [-0.39, 0.29) is 28.1 Å². The molecule has 1 fully saturated rings. The van der Waals surface area contributed by atoms with Gasteiger partial charge in [-0.15, -0.1) is 0 Å². The van der Waals surface area contributed by atoms with Gasteiger partial charge in [0.05, 0.1) is 69.6 Å². The van der Waals surface area contributed by atoms with Crippen molar-refractivity contribution in [2.45, 2.75) is 135 Å². The summed E-state index contributed by atoms with van der Waals surface area (Å²) >= 11 is 0. The molecule has 9 nitrogen and oxygen atoms in total. The molecule has 1 N–H and O–H groups in total. The largest absolute Gasteiger partial charge is 0.414 e. The molecule has 0 amide bonds. The standard InChI is InChI=1S/C38H58N6O3SSi2/c1-36(2,3)48(45)43-35(28-19-30(20-28)47-50(12,13)38(7,8)9)32-24-39-23-31(42-32)26-17-18-27-22-40-44(33(27)21-26)34-16-14-15-29(41-34)25-46-49(10,11)37(4,5)6/h14-18,21-24,28,30,35,43H,19-20,25H2,1-13H3/t28?,30?,35-,48+/m0/s1. The Labute approximate surface area is 304 Å². The van der Waals surface area contributed by atoms with E-state index >= 15 is 0 Å². The second-order valence-electron chi connectivity index (χ2n) is 17.9. The molecule has 3 aromatic heterocycles. The van der Waals surface area contributed by atoms with Crippen molar-refractivity contribution in [3.8, 4) is 17.1 Å². The molecule has 5 rings (SSSR count). The summed E-state index contributed by atoms with van der Waals surface area (Å²) in [6, 6.07) is 12.0. The van der Waals surface area contributed by atoms with E-state index in [2.05, 4.69) is 95.6 Å². The van der Waals surface area contributed by atoms with Crippen LogP contribution in [0, 0.1) is 5.92 Å². The molecule has 3 heterocycles. The normalized spacial score (nSPS) is 19.0. The third-order valence-corrected chi connectivity index (χ3v) is 21.5. The van der Waals surface area contributed by atoms with E-state index in [1.54, 1.807) is 6.20 Å². The van der Waals surface area contributed by atoms with Crippen molar-refractivity contribution < 1.29 is 13.1 Å². The Kier molecular flexibility index (Phi) is 10.9. The van der Waals surface area contributed by atoms with Crippen molar-refractivity contribution in [2.24, 2.45) is 5.92 Å². The molecule has 272 valence electrons. The quantitative estimate of drug-likeness (QED) is 0.153. The first-order valence-electron chi connectivity index (χ1n) is 17.8. The van der Waals surface area contributed by atoms with Gasteiger partial charge in [0.25, 0.3) is 0 Å². The molecule has 4 aromatic rings. The molecule has 0 aliphatic heterocycles. The summed E-state index contributed by atoms with van der Waals surface area (Å²) in [5.41, 5.74) is 4.28. The van der Waals surface area contributed by atoms with Gasteiger partial charge in [-0.05, 0) is 94.0 Å². The average molecular weight is 735 g/mol. The van der Waals surface area contributed by atoms with Crippen molar-refractivity contribution >= 4 is 38.5 Å². The van der Waals surface area contributed by atoms with Gasteiger partial charge in [-0.3, -0.25) is 4.98 Å². The molecule has 2 atom stereocenters. The maximum atomic E-state index is 13.4. The first-order chi connectivity index (χ1) is 23.1. The van der Waals surface area contributed by atoms with Crippen LogP contribution in [0.1, 0.15) is 92.6 Å². The zero-order chi connectivity index (χ0) is 36.9. The van der Waals surface area contributed by atoms with E-state index in [9.17, 15) is 4.21 Å². The molecule has 50 heavy (non-hydrogen) atoms. The van der Waals surface area contributed by atoms with Crippen LogP contribution in [0.15, 0.2) is 55.0 Å². The molecule has 0 spiro atoms. The summed E-state index contributed by atoms with van der Waals surface area (Å²) in [6.07, 6.45) is 7.48. The fourth-order valence-corrected chi connectivity index (χ4v) is 8.64. The minimum absolute atomic E-state index is 0.124. The highest BCUT2D eigenvalue weighted by molar-refractivity contribution is 7.84. The zero-order valence-corrected chi connectivity index (χ0v) is 35.2. The Balaban J connectivity index is 1.41. The Morgan fingerprint density at radius 2 is 1.58 bits per heavy atom. The van der Waals surface area contributed by atoms with Crippen molar-refractivity contribution in [3.63, 3.8) is 0 Å². The summed E-state index contributed by atoms with van der Waals surface area (Å²) in [5, 5.41) is 5.99. The Morgan fingerprint density at radius 3 is 2.22 bits per heavy atom. The van der Waals surface area contributed by atoms with Gasteiger partial charge in [-0.1, -0.05) is 59.7 Å². The number of fused-ring (bicyclic) bond motifs is 1. The zero-order valence-electron chi connectivity index (χ0n) is 32.4. The number of hydrogen-bond donors (Lipinski definition) is 1. The highest BCUT2D eigenvalue weighted by atomic mass is 32.2. The summed E-state index contributed by atoms with van der Waals surface area (Å²) in [7, 11) is -5.09. The lowest BCUT2D eigenvalue weighted by Crippen LogP contribution is -2.50. The van der Waals surface area contributed by atoms with Crippen LogP contribution in [-0.4, -0.2) is 56.4 Å². The summed E-state index contributed by atoms with van der Waals surface area (Å²) in [5.74, 6) is 0.977. The predicted molar refractivity (Wildman–Crippen MR) is 210 cm³/mol. The van der Waals surface area contributed by atoms with Crippen LogP contribution in [0.3, 0.4) is 0 Å². The third kappa shape index (κ3) is 8.53. The van der Waals surface area contributed by atoms with E-state index in [0.717, 1.165) is 52.2 Å². The van der Waals surface area contributed by atoms with Gasteiger partial charge in [0, 0.05) is 17.1 Å². The van der Waals surface area contributed by atoms with Gasteiger partial charge >= 0.3 is 0 Å². The molecular formula is C38H58N6O3SSi2. The van der Waals surface area contributed by atoms with Crippen LogP contribution in [0.25, 0.3) is 28.0 Å². The Hall–Kier alpha value is -2.62. The fraction of sp³-hybridized carbons (Fsp3) is 0.579. The number of pyridine rings is 1. The molecule has 1 aliphatic carbocycles. The summed E-state index contributed by atoms with van der Waals surface area (Å²) in [6.45, 7) is 29.1. The van der Waals surface area contributed by atoms with Crippen molar-refractivity contribution in [1.29, 1.82) is 0 Å². The lowest BCUT2D eigenvalue weighted by molar-refractivity contribution is 0.0367. The molecule has 1 aliphatic rings. The van der Waals surface area contributed by atoms with E-state index in [1.165, 1.54) is 0 Å². The van der Waals surface area contributed by atoms with Gasteiger partial charge in [-0.25, -0.2) is 23.6 Å². The molecule has 0 saturated heterocycles. The van der Waals surface area contributed by atoms with Crippen molar-refractivity contribution in [1.82, 2.24) is 29.5 Å². The maximum absolute atomic E-state index is 13.4. The molecule has 0 radical (unpaired) electrons. The summed E-state index contributed by atoms with van der Waals surface area (Å²) < 4.78 is 31.5. The van der Waals surface area contributed by atoms with E-state index in [0.29, 0.717) is 6.61 Å². The van der Waals surface area contributed by atoms with Crippen molar-refractivity contribution in [2.75, 3.05) is 0 Å². The Morgan fingerprint density at radius 1 is 0.900 bits per heavy atom. The van der Waals surface area contributed by atoms with Crippen LogP contribution in [-0.2, 0) is 26.4 Å². The second-order valence-corrected chi connectivity index (χ2v) is 29.5. The number of benzene rings is 1. The van der Waals surface area contributed by atoms with Crippen LogP contribution < -0.4 is 4.72 Å². The average Bonchev–Trinajstić information content (AvgIpc) is 3.43. The van der Waals surface area contributed by atoms with E-state index in [1.807, 2.05) is 56.0 Å². The topological polar surface area (TPSA) is 104 Å². The number of rotatable bonds is 11. The van der Waals surface area contributed by atoms with E-state index < -0.39 is 32.4 Å². The molecule has 12 heteroatoms. The second kappa shape index (κ2) is 14.1. The number of nitrogens with one attached hydrogen (secondary N) is 1. The first-order valence-corrected chi connectivity index (χ1v) is 24.8. The fourth-order valence-electron chi connectivity index (χ4n) is 5.42. The number of nitrogens with zero attached hydrogens (tertiary/aromatic N) is 5. The highest BCUT2D eigenvalue weighted by Crippen LogP contribution is 2.45. The van der Waals surface area contributed by atoms with Gasteiger partial charge in [0.2, 0.25) is 0 Å².